The lowest BCUT2D eigenvalue weighted by Gasteiger charge is -2.14. The molecule has 96 valence electrons. The monoisotopic (exact) mass is 244 g/mol. The van der Waals surface area contributed by atoms with Crippen molar-refractivity contribution < 1.29 is 0 Å². The third-order valence-corrected chi connectivity index (χ3v) is 2.85. The maximum atomic E-state index is 4.34. The topological polar surface area (TPSA) is 53.6 Å². The summed E-state index contributed by atoms with van der Waals surface area (Å²) in [6, 6.07) is 8.71. The fourth-order valence-corrected chi connectivity index (χ4v) is 2.01. The Morgan fingerprint density at radius 2 is 2.22 bits per heavy atom. The van der Waals surface area contributed by atoms with Crippen molar-refractivity contribution >= 4 is 5.69 Å². The van der Waals surface area contributed by atoms with Crippen molar-refractivity contribution in [2.24, 2.45) is 0 Å². The highest BCUT2D eigenvalue weighted by molar-refractivity contribution is 5.62. The van der Waals surface area contributed by atoms with Crippen LogP contribution in [0.3, 0.4) is 0 Å². The number of aromatic amines is 1. The van der Waals surface area contributed by atoms with Crippen LogP contribution in [0.5, 0.6) is 0 Å². The van der Waals surface area contributed by atoms with E-state index in [-0.39, 0.29) is 0 Å². The minimum atomic E-state index is 0.485. The molecule has 1 aromatic heterocycles. The fraction of sp³-hybridized carbons (Fsp3) is 0.429. The lowest BCUT2D eigenvalue weighted by Crippen LogP contribution is -2.14. The molecule has 1 aromatic carbocycles. The molecule has 1 heterocycles. The van der Waals surface area contributed by atoms with Gasteiger partial charge in [0.1, 0.15) is 5.82 Å². The first-order valence-electron chi connectivity index (χ1n) is 6.45. The molecule has 1 unspecified atom stereocenters. The lowest BCUT2D eigenvalue weighted by atomic mass is 10.1. The Balaban J connectivity index is 2.15. The third kappa shape index (κ3) is 3.09. The van der Waals surface area contributed by atoms with E-state index in [2.05, 4.69) is 46.5 Å². The molecule has 2 aromatic rings. The number of aryl methyl sites for hydroxylation is 1. The van der Waals surface area contributed by atoms with Crippen molar-refractivity contribution in [2.45, 2.75) is 39.7 Å². The van der Waals surface area contributed by atoms with Gasteiger partial charge >= 0.3 is 0 Å². The van der Waals surface area contributed by atoms with Gasteiger partial charge in [-0.25, -0.2) is 4.98 Å². The van der Waals surface area contributed by atoms with Crippen LogP contribution in [0.4, 0.5) is 5.69 Å². The zero-order valence-corrected chi connectivity index (χ0v) is 11.2. The summed E-state index contributed by atoms with van der Waals surface area (Å²) in [6.45, 7) is 6.31. The molecule has 0 saturated heterocycles. The summed E-state index contributed by atoms with van der Waals surface area (Å²) in [5, 5.41) is 10.5. The Morgan fingerprint density at radius 3 is 2.89 bits per heavy atom. The van der Waals surface area contributed by atoms with Crippen LogP contribution in [0.2, 0.25) is 0 Å². The third-order valence-electron chi connectivity index (χ3n) is 2.85. The first-order valence-corrected chi connectivity index (χ1v) is 6.45. The summed E-state index contributed by atoms with van der Waals surface area (Å²) in [4.78, 5) is 4.34. The van der Waals surface area contributed by atoms with Crippen LogP contribution in [-0.2, 0) is 0 Å². The van der Waals surface area contributed by atoms with Crippen molar-refractivity contribution in [1.29, 1.82) is 0 Å². The molecular weight excluding hydrogens is 224 g/mol. The van der Waals surface area contributed by atoms with E-state index >= 15 is 0 Å². The summed E-state index contributed by atoms with van der Waals surface area (Å²) >= 11 is 0. The minimum Gasteiger partial charge on any atom is -0.383 e. The quantitative estimate of drug-likeness (QED) is 0.847. The number of hydrogen-bond donors (Lipinski definition) is 2. The SMILES string of the molecule is CCCC(C)Nc1cccc(-c2n[nH]c(C)n2)c1. The second kappa shape index (κ2) is 5.67. The number of rotatable bonds is 5. The van der Waals surface area contributed by atoms with Crippen molar-refractivity contribution in [2.75, 3.05) is 5.32 Å². The Kier molecular flexibility index (Phi) is 3.97. The smallest absolute Gasteiger partial charge is 0.181 e. The standard InChI is InChI=1S/C14H20N4/c1-4-6-10(2)15-13-8-5-7-12(9-13)14-16-11(3)17-18-14/h5,7-10,15H,4,6H2,1-3H3,(H,16,17,18). The first kappa shape index (κ1) is 12.6. The number of anilines is 1. The predicted molar refractivity (Wildman–Crippen MR) is 74.5 cm³/mol. The normalized spacial score (nSPS) is 12.4. The molecule has 0 aliphatic rings. The molecule has 2 rings (SSSR count). The summed E-state index contributed by atoms with van der Waals surface area (Å²) in [5.41, 5.74) is 2.16. The molecule has 4 nitrogen and oxygen atoms in total. The first-order chi connectivity index (χ1) is 8.69. The molecule has 0 aliphatic heterocycles. The van der Waals surface area contributed by atoms with Gasteiger partial charge in [-0.05, 0) is 32.4 Å². The maximum Gasteiger partial charge on any atom is 0.181 e. The molecule has 1 atom stereocenters. The Morgan fingerprint density at radius 1 is 1.39 bits per heavy atom. The molecule has 18 heavy (non-hydrogen) atoms. The summed E-state index contributed by atoms with van der Waals surface area (Å²) < 4.78 is 0. The van der Waals surface area contributed by atoms with Crippen LogP contribution in [0.25, 0.3) is 11.4 Å². The lowest BCUT2D eigenvalue weighted by molar-refractivity contribution is 0.690. The van der Waals surface area contributed by atoms with Crippen molar-refractivity contribution in [3.63, 3.8) is 0 Å². The fourth-order valence-electron chi connectivity index (χ4n) is 2.01. The average Bonchev–Trinajstić information content (AvgIpc) is 2.76. The van der Waals surface area contributed by atoms with Gasteiger partial charge in [0, 0.05) is 17.3 Å². The molecule has 2 N–H and O–H groups in total. The molecule has 0 saturated carbocycles. The Bertz CT molecular complexity index is 504. The molecule has 4 heteroatoms. The van der Waals surface area contributed by atoms with Gasteiger partial charge in [-0.3, -0.25) is 5.10 Å². The van der Waals surface area contributed by atoms with Crippen molar-refractivity contribution in [3.05, 3.63) is 30.1 Å². The van der Waals surface area contributed by atoms with Crippen LogP contribution in [0.1, 0.15) is 32.5 Å². The summed E-state index contributed by atoms with van der Waals surface area (Å²) in [5.74, 6) is 1.59. The van der Waals surface area contributed by atoms with E-state index in [4.69, 9.17) is 0 Å². The van der Waals surface area contributed by atoms with Crippen LogP contribution in [0, 0.1) is 6.92 Å². The molecule has 0 bridgehead atoms. The highest BCUT2D eigenvalue weighted by Gasteiger charge is 2.05. The highest BCUT2D eigenvalue weighted by atomic mass is 15.2. The molecule has 0 spiro atoms. The Labute approximate surface area is 108 Å². The van der Waals surface area contributed by atoms with Gasteiger partial charge in [-0.15, -0.1) is 0 Å². The second-order valence-electron chi connectivity index (χ2n) is 4.66. The molecule has 0 radical (unpaired) electrons. The number of aromatic nitrogens is 3. The predicted octanol–water partition coefficient (Wildman–Crippen LogP) is 3.38. The van der Waals surface area contributed by atoms with Crippen LogP contribution in [0.15, 0.2) is 24.3 Å². The van der Waals surface area contributed by atoms with Gasteiger partial charge in [-0.1, -0.05) is 25.5 Å². The van der Waals surface area contributed by atoms with E-state index in [9.17, 15) is 0 Å². The highest BCUT2D eigenvalue weighted by Crippen LogP contribution is 2.20. The number of benzene rings is 1. The van der Waals surface area contributed by atoms with Crippen molar-refractivity contribution in [1.82, 2.24) is 15.2 Å². The number of nitrogens with zero attached hydrogens (tertiary/aromatic N) is 2. The zero-order chi connectivity index (χ0) is 13.0. The summed E-state index contributed by atoms with van der Waals surface area (Å²) in [7, 11) is 0. The largest absolute Gasteiger partial charge is 0.383 e. The molecule has 0 fully saturated rings. The van der Waals surface area contributed by atoms with E-state index in [1.54, 1.807) is 0 Å². The van der Waals surface area contributed by atoms with E-state index in [1.807, 2.05) is 19.1 Å². The van der Waals surface area contributed by atoms with Gasteiger partial charge in [0.2, 0.25) is 0 Å². The van der Waals surface area contributed by atoms with Crippen LogP contribution >= 0.6 is 0 Å². The maximum absolute atomic E-state index is 4.34. The van der Waals surface area contributed by atoms with E-state index < -0.39 is 0 Å². The van der Waals surface area contributed by atoms with Gasteiger partial charge in [-0.2, -0.15) is 5.10 Å². The second-order valence-corrected chi connectivity index (χ2v) is 4.66. The zero-order valence-electron chi connectivity index (χ0n) is 11.2. The van der Waals surface area contributed by atoms with E-state index in [1.165, 1.54) is 12.8 Å². The molecular formula is C14H20N4. The molecule has 0 amide bonds. The van der Waals surface area contributed by atoms with Gasteiger partial charge < -0.3 is 5.32 Å². The number of nitrogens with one attached hydrogen (secondary N) is 2. The van der Waals surface area contributed by atoms with Gasteiger partial charge in [0.05, 0.1) is 0 Å². The minimum absolute atomic E-state index is 0.485. The van der Waals surface area contributed by atoms with E-state index in [0.29, 0.717) is 6.04 Å². The van der Waals surface area contributed by atoms with Gasteiger partial charge in [0.25, 0.3) is 0 Å². The van der Waals surface area contributed by atoms with Crippen LogP contribution < -0.4 is 5.32 Å². The molecule has 0 aliphatic carbocycles. The van der Waals surface area contributed by atoms with Gasteiger partial charge in [0.15, 0.2) is 5.82 Å². The Hall–Kier alpha value is -1.84. The summed E-state index contributed by atoms with van der Waals surface area (Å²) in [6.07, 6.45) is 2.36. The number of H-pyrrole nitrogens is 1. The average molecular weight is 244 g/mol. The number of hydrogen-bond acceptors (Lipinski definition) is 3. The van der Waals surface area contributed by atoms with Crippen LogP contribution in [-0.4, -0.2) is 21.2 Å². The van der Waals surface area contributed by atoms with E-state index in [0.717, 1.165) is 22.9 Å². The van der Waals surface area contributed by atoms with Crippen molar-refractivity contribution in [3.8, 4) is 11.4 Å².